The first-order chi connectivity index (χ1) is 16.3. The molecule has 0 aliphatic rings. The Labute approximate surface area is 201 Å². The van der Waals surface area contributed by atoms with Gasteiger partial charge in [0.2, 0.25) is 0 Å². The van der Waals surface area contributed by atoms with Crippen molar-refractivity contribution in [3.8, 4) is 5.69 Å². The summed E-state index contributed by atoms with van der Waals surface area (Å²) in [6.07, 6.45) is 3.44. The third-order valence-electron chi connectivity index (χ3n) is 4.91. The number of hydrogen-bond acceptors (Lipinski definition) is 6. The number of nitrogens with two attached hydrogens (primary N) is 2. The fourth-order valence-electron chi connectivity index (χ4n) is 3.40. The number of benzene rings is 2. The van der Waals surface area contributed by atoms with Crippen molar-refractivity contribution in [1.82, 2.24) is 19.3 Å². The average molecular weight is 478 g/mol. The van der Waals surface area contributed by atoms with Gasteiger partial charge in [-0.2, -0.15) is 5.10 Å². The number of para-hydroxylation sites is 1. The molecule has 2 aromatic heterocycles. The first-order valence-electron chi connectivity index (χ1n) is 10.3. The Morgan fingerprint density at radius 2 is 1.91 bits per heavy atom. The zero-order chi connectivity index (χ0) is 24.8. The van der Waals surface area contributed by atoms with Crippen LogP contribution in [0.25, 0.3) is 16.6 Å². The van der Waals surface area contributed by atoms with Crippen molar-refractivity contribution < 1.29 is 4.79 Å². The van der Waals surface area contributed by atoms with Crippen LogP contribution < -0.4 is 17.0 Å². The number of aromatic nitrogens is 4. The molecule has 10 heteroatoms. The minimum Gasteiger partial charge on any atom is -0.382 e. The lowest BCUT2D eigenvalue weighted by Gasteiger charge is -2.12. The van der Waals surface area contributed by atoms with Crippen molar-refractivity contribution in [1.29, 1.82) is 0 Å². The van der Waals surface area contributed by atoms with Crippen LogP contribution in [0.5, 0.6) is 0 Å². The molecule has 0 spiro atoms. The van der Waals surface area contributed by atoms with Crippen molar-refractivity contribution in [3.63, 3.8) is 0 Å². The third-order valence-corrected chi connectivity index (χ3v) is 5.23. The highest BCUT2D eigenvalue weighted by Crippen LogP contribution is 2.20. The molecule has 0 bridgehead atoms. The van der Waals surface area contributed by atoms with E-state index in [2.05, 4.69) is 21.7 Å². The number of aryl methyl sites for hydroxylation is 2. The molecule has 2 heterocycles. The van der Waals surface area contributed by atoms with Crippen molar-refractivity contribution in [3.05, 3.63) is 93.8 Å². The Morgan fingerprint density at radius 1 is 1.21 bits per heavy atom. The molecule has 9 nitrogen and oxygen atoms in total. The van der Waals surface area contributed by atoms with Gasteiger partial charge in [-0.25, -0.2) is 4.98 Å². The summed E-state index contributed by atoms with van der Waals surface area (Å²) < 4.78 is 3.07. The van der Waals surface area contributed by atoms with E-state index in [1.54, 1.807) is 17.7 Å². The Bertz CT molecular complexity index is 1440. The van der Waals surface area contributed by atoms with E-state index in [9.17, 15) is 9.59 Å². The Kier molecular flexibility index (Phi) is 7.60. The summed E-state index contributed by atoms with van der Waals surface area (Å²) in [4.78, 5) is 32.1. The number of fused-ring (bicyclic) bond motifs is 1. The largest absolute Gasteiger partial charge is 0.382 e. The second-order valence-corrected chi connectivity index (χ2v) is 7.49. The number of hydrogen-bond donors (Lipinski definition) is 2. The second-order valence-electron chi connectivity index (χ2n) is 7.09. The lowest BCUT2D eigenvalue weighted by Crippen LogP contribution is -2.23. The van der Waals surface area contributed by atoms with Crippen LogP contribution in [0, 0.1) is 0 Å². The highest BCUT2D eigenvalue weighted by Gasteiger charge is 2.17. The van der Waals surface area contributed by atoms with Gasteiger partial charge in [-0.3, -0.25) is 23.8 Å². The molecule has 0 fully saturated rings. The summed E-state index contributed by atoms with van der Waals surface area (Å²) in [6, 6.07) is 14.8. The molecule has 0 aliphatic heterocycles. The number of anilines is 1. The van der Waals surface area contributed by atoms with Gasteiger partial charge in [-0.15, -0.1) is 0 Å². The number of carbonyl (C=O) groups excluding carboxylic acids is 1. The first kappa shape index (κ1) is 24.4. The zero-order valence-corrected chi connectivity index (χ0v) is 19.5. The Balaban J connectivity index is 0.000000204. The van der Waals surface area contributed by atoms with Gasteiger partial charge >= 0.3 is 0 Å². The first-order valence-corrected chi connectivity index (χ1v) is 10.7. The van der Waals surface area contributed by atoms with Crippen LogP contribution in [0.3, 0.4) is 0 Å². The molecule has 0 saturated carbocycles. The smallest absolute Gasteiger partial charge is 0.267 e. The van der Waals surface area contributed by atoms with Crippen LogP contribution in [0.15, 0.2) is 71.1 Å². The summed E-state index contributed by atoms with van der Waals surface area (Å²) in [5, 5.41) is 4.76. The maximum atomic E-state index is 12.8. The number of carbonyl (C=O) groups is 1. The van der Waals surface area contributed by atoms with Gasteiger partial charge in [-0.05, 0) is 24.3 Å². The molecule has 0 saturated heterocycles. The lowest BCUT2D eigenvalue weighted by molar-refractivity contribution is 0.100. The lowest BCUT2D eigenvalue weighted by atomic mass is 10.2. The maximum Gasteiger partial charge on any atom is 0.267 e. The second kappa shape index (κ2) is 10.6. The normalized spacial score (nSPS) is 10.8. The number of aliphatic imine (C=N–C) groups is 1. The third kappa shape index (κ3) is 4.89. The fourth-order valence-corrected chi connectivity index (χ4v) is 3.65. The molecule has 4 N–H and O–H groups in total. The van der Waals surface area contributed by atoms with E-state index in [1.807, 2.05) is 49.4 Å². The SMILES string of the molecule is C=CN=Cc1c(C(N)=O)c(N)nn1C.CCc1nc2cccc(Cl)c2c(=O)n1-c1ccccc1. The topological polar surface area (TPSA) is 134 Å². The number of halogens is 1. The zero-order valence-electron chi connectivity index (χ0n) is 18.8. The summed E-state index contributed by atoms with van der Waals surface area (Å²) in [6.45, 7) is 5.40. The van der Waals surface area contributed by atoms with Gasteiger partial charge in [0.05, 0.1) is 33.5 Å². The number of primary amides is 1. The van der Waals surface area contributed by atoms with Crippen LogP contribution >= 0.6 is 11.6 Å². The van der Waals surface area contributed by atoms with Gasteiger partial charge < -0.3 is 11.5 Å². The molecule has 4 aromatic rings. The predicted octanol–water partition coefficient (Wildman–Crippen LogP) is 3.27. The standard InChI is InChI=1S/C16H13ClN2O.C8H11N5O/c1-2-14-18-13-10-6-9-12(17)15(13)16(20)19(14)11-7-4-3-5-8-11;1-3-11-4-5-6(8(10)14)7(9)12-13(5)2/h3-10H,2H2,1H3;3-4H,1H2,2H3,(H2,9,12)(H2,10,14). The van der Waals surface area contributed by atoms with Crippen LogP contribution in [-0.2, 0) is 13.5 Å². The Morgan fingerprint density at radius 3 is 2.53 bits per heavy atom. The van der Waals surface area contributed by atoms with Gasteiger partial charge in [-0.1, -0.05) is 49.4 Å². The van der Waals surface area contributed by atoms with E-state index in [0.717, 1.165) is 11.5 Å². The number of rotatable bonds is 5. The van der Waals surface area contributed by atoms with E-state index in [1.165, 1.54) is 17.1 Å². The summed E-state index contributed by atoms with van der Waals surface area (Å²) >= 11 is 6.16. The minimum absolute atomic E-state index is 0.102. The molecular formula is C24H24ClN7O2. The van der Waals surface area contributed by atoms with E-state index >= 15 is 0 Å². The van der Waals surface area contributed by atoms with E-state index < -0.39 is 5.91 Å². The molecule has 0 radical (unpaired) electrons. The molecule has 34 heavy (non-hydrogen) atoms. The molecular weight excluding hydrogens is 454 g/mol. The summed E-state index contributed by atoms with van der Waals surface area (Å²) in [5.74, 6) is 0.211. The number of nitrogen functional groups attached to an aromatic ring is 1. The van der Waals surface area contributed by atoms with Crippen LogP contribution in [0.4, 0.5) is 5.82 Å². The monoisotopic (exact) mass is 477 g/mol. The Hall–Kier alpha value is -4.24. The predicted molar refractivity (Wildman–Crippen MR) is 136 cm³/mol. The fraction of sp³-hybridized carbons (Fsp3) is 0.125. The highest BCUT2D eigenvalue weighted by molar-refractivity contribution is 6.35. The van der Waals surface area contributed by atoms with Crippen LogP contribution in [0.1, 0.15) is 28.8 Å². The summed E-state index contributed by atoms with van der Waals surface area (Å²) in [5.41, 5.74) is 12.6. The molecule has 174 valence electrons. The van der Waals surface area contributed by atoms with Crippen molar-refractivity contribution >= 4 is 40.4 Å². The molecule has 4 rings (SSSR count). The molecule has 1 amide bonds. The molecule has 0 aliphatic carbocycles. The van der Waals surface area contributed by atoms with Crippen molar-refractivity contribution in [2.45, 2.75) is 13.3 Å². The summed E-state index contributed by atoms with van der Waals surface area (Å²) in [7, 11) is 1.65. The van der Waals surface area contributed by atoms with Gasteiger partial charge in [0.15, 0.2) is 5.82 Å². The van der Waals surface area contributed by atoms with Gasteiger partial charge in [0.25, 0.3) is 11.5 Å². The highest BCUT2D eigenvalue weighted by atomic mass is 35.5. The van der Waals surface area contributed by atoms with E-state index in [-0.39, 0.29) is 16.9 Å². The maximum absolute atomic E-state index is 12.8. The van der Waals surface area contributed by atoms with E-state index in [4.69, 9.17) is 23.1 Å². The molecule has 0 unspecified atom stereocenters. The van der Waals surface area contributed by atoms with Crippen LogP contribution in [0.2, 0.25) is 5.02 Å². The van der Waals surface area contributed by atoms with Crippen molar-refractivity contribution in [2.75, 3.05) is 5.73 Å². The average Bonchev–Trinajstić information content (AvgIpc) is 3.11. The van der Waals surface area contributed by atoms with Crippen LogP contribution in [-0.4, -0.2) is 31.5 Å². The van der Waals surface area contributed by atoms with Gasteiger partial charge in [0.1, 0.15) is 11.4 Å². The van der Waals surface area contributed by atoms with E-state index in [0.29, 0.717) is 28.0 Å². The number of amides is 1. The molecule has 2 aromatic carbocycles. The van der Waals surface area contributed by atoms with Crippen molar-refractivity contribution in [2.24, 2.45) is 17.8 Å². The minimum atomic E-state index is -0.624. The quantitative estimate of drug-likeness (QED) is 0.425. The van der Waals surface area contributed by atoms with Gasteiger partial charge in [0, 0.05) is 19.7 Å². The number of nitrogens with zero attached hydrogens (tertiary/aromatic N) is 5. The molecule has 0 atom stereocenters.